The second-order valence-corrected chi connectivity index (χ2v) is 6.84. The summed E-state index contributed by atoms with van der Waals surface area (Å²) >= 11 is 0. The van der Waals surface area contributed by atoms with Crippen molar-refractivity contribution in [2.24, 2.45) is 0 Å². The summed E-state index contributed by atoms with van der Waals surface area (Å²) in [6.07, 6.45) is 12.2. The maximum absolute atomic E-state index is 12.0. The Morgan fingerprint density at radius 2 is 1.08 bits per heavy atom. The molecule has 0 atom stereocenters. The van der Waals surface area contributed by atoms with Crippen LogP contribution in [0.5, 0.6) is 11.5 Å². The smallest absolute Gasteiger partial charge is 0.178 e. The highest BCUT2D eigenvalue weighted by atomic mass is 16.5. The monoisotopic (exact) mass is 346 g/mol. The molecule has 0 saturated heterocycles. The highest BCUT2D eigenvalue weighted by Crippen LogP contribution is 2.27. The quantitative estimate of drug-likeness (QED) is 0.626. The van der Waals surface area contributed by atoms with E-state index in [0.29, 0.717) is 12.2 Å². The number of carbonyl (C=O) groups excluding carboxylic acids is 1. The zero-order valence-corrected chi connectivity index (χ0v) is 14.6. The van der Waals surface area contributed by atoms with Gasteiger partial charge in [0.2, 0.25) is 0 Å². The molecule has 3 heteroatoms. The highest BCUT2D eigenvalue weighted by Gasteiger charge is 2.23. The first kappa shape index (κ1) is 16.6. The van der Waals surface area contributed by atoms with Crippen molar-refractivity contribution in [1.82, 2.24) is 0 Å². The van der Waals surface area contributed by atoms with Gasteiger partial charge in [-0.05, 0) is 73.2 Å². The molecule has 0 heterocycles. The molecule has 0 aromatic heterocycles. The summed E-state index contributed by atoms with van der Waals surface area (Å²) in [5.41, 5.74) is 1.97. The van der Waals surface area contributed by atoms with E-state index in [1.54, 1.807) is 12.2 Å². The molecule has 0 radical (unpaired) electrons. The largest absolute Gasteiger partial charge is 0.490 e. The van der Waals surface area contributed by atoms with Crippen LogP contribution in [-0.4, -0.2) is 18.0 Å². The summed E-state index contributed by atoms with van der Waals surface area (Å²) in [6.45, 7) is 0. The van der Waals surface area contributed by atoms with Crippen molar-refractivity contribution in [3.05, 3.63) is 71.8 Å². The molecule has 4 rings (SSSR count). The van der Waals surface area contributed by atoms with Gasteiger partial charge in [0.25, 0.3) is 0 Å². The number of hydrogen-bond acceptors (Lipinski definition) is 3. The molecular formula is C23H22O3. The lowest BCUT2D eigenvalue weighted by Crippen LogP contribution is -1.95. The van der Waals surface area contributed by atoms with Crippen LogP contribution >= 0.6 is 0 Å². The Labute approximate surface area is 154 Å². The number of benzene rings is 2. The number of ether oxygens (including phenoxy) is 2. The minimum atomic E-state index is -0.0402. The molecule has 0 N–H and O–H groups in total. The third kappa shape index (κ3) is 5.09. The first-order chi connectivity index (χ1) is 12.7. The Bertz CT molecular complexity index is 738. The molecule has 0 spiro atoms. The van der Waals surface area contributed by atoms with Gasteiger partial charge in [0.1, 0.15) is 11.5 Å². The Hall–Kier alpha value is -2.81. The minimum Gasteiger partial charge on any atom is -0.490 e. The third-order valence-corrected chi connectivity index (χ3v) is 4.29. The van der Waals surface area contributed by atoms with Crippen LogP contribution < -0.4 is 9.47 Å². The van der Waals surface area contributed by atoms with Gasteiger partial charge in [-0.2, -0.15) is 0 Å². The highest BCUT2D eigenvalue weighted by molar-refractivity contribution is 6.04. The molecular weight excluding hydrogens is 324 g/mol. The van der Waals surface area contributed by atoms with E-state index in [1.807, 2.05) is 60.7 Å². The van der Waals surface area contributed by atoms with Crippen molar-refractivity contribution in [2.45, 2.75) is 37.9 Å². The molecule has 0 amide bonds. The summed E-state index contributed by atoms with van der Waals surface area (Å²) in [6, 6.07) is 15.6. The van der Waals surface area contributed by atoms with E-state index in [0.717, 1.165) is 48.3 Å². The molecule has 0 aliphatic heterocycles. The predicted octanol–water partition coefficient (Wildman–Crippen LogP) is 5.06. The fourth-order valence-corrected chi connectivity index (χ4v) is 2.48. The second kappa shape index (κ2) is 7.61. The van der Waals surface area contributed by atoms with Gasteiger partial charge in [-0.3, -0.25) is 4.79 Å². The predicted molar refractivity (Wildman–Crippen MR) is 103 cm³/mol. The molecule has 0 unspecified atom stereocenters. The third-order valence-electron chi connectivity index (χ3n) is 4.29. The summed E-state index contributed by atoms with van der Waals surface area (Å²) in [5.74, 6) is 1.75. The van der Waals surface area contributed by atoms with Crippen molar-refractivity contribution >= 4 is 17.9 Å². The van der Waals surface area contributed by atoms with Gasteiger partial charge in [-0.1, -0.05) is 36.4 Å². The van der Waals surface area contributed by atoms with Gasteiger partial charge in [0, 0.05) is 0 Å². The van der Waals surface area contributed by atoms with E-state index < -0.39 is 0 Å². The second-order valence-electron chi connectivity index (χ2n) is 6.84. The maximum Gasteiger partial charge on any atom is 0.178 e. The number of allylic oxidation sites excluding steroid dienone is 2. The number of rotatable bonds is 8. The molecule has 2 fully saturated rings. The molecule has 2 saturated carbocycles. The van der Waals surface area contributed by atoms with Crippen LogP contribution in [-0.2, 0) is 4.79 Å². The lowest BCUT2D eigenvalue weighted by atomic mass is 10.1. The van der Waals surface area contributed by atoms with E-state index >= 15 is 0 Å². The molecule has 2 aliphatic carbocycles. The molecule has 0 bridgehead atoms. The van der Waals surface area contributed by atoms with E-state index in [4.69, 9.17) is 9.47 Å². The molecule has 132 valence electrons. The van der Waals surface area contributed by atoms with Gasteiger partial charge < -0.3 is 9.47 Å². The van der Waals surface area contributed by atoms with Crippen LogP contribution in [0.2, 0.25) is 0 Å². The van der Waals surface area contributed by atoms with Gasteiger partial charge in [-0.25, -0.2) is 0 Å². The molecule has 2 aromatic rings. The minimum absolute atomic E-state index is 0.0402. The zero-order chi connectivity index (χ0) is 17.8. The first-order valence-corrected chi connectivity index (χ1v) is 9.18. The standard InChI is InChI=1S/C23H22O3/c24-19(7-1-17-3-9-20(10-4-17)25-22-13-14-22)8-2-18-5-11-21(12-6-18)26-23-15-16-23/h1-12,22-23H,13-16H2/b7-1+,8-2+. The number of carbonyl (C=O) groups is 1. The van der Waals surface area contributed by atoms with Crippen molar-refractivity contribution in [3.63, 3.8) is 0 Å². The lowest BCUT2D eigenvalue weighted by Gasteiger charge is -2.03. The van der Waals surface area contributed by atoms with E-state index in [-0.39, 0.29) is 5.78 Å². The Morgan fingerprint density at radius 1 is 0.692 bits per heavy atom. The summed E-state index contributed by atoms with van der Waals surface area (Å²) in [4.78, 5) is 12.0. The van der Waals surface area contributed by atoms with Gasteiger partial charge in [0.05, 0.1) is 12.2 Å². The maximum atomic E-state index is 12.0. The summed E-state index contributed by atoms with van der Waals surface area (Å²) in [7, 11) is 0. The lowest BCUT2D eigenvalue weighted by molar-refractivity contribution is -0.110. The van der Waals surface area contributed by atoms with Gasteiger partial charge >= 0.3 is 0 Å². The van der Waals surface area contributed by atoms with E-state index in [1.165, 1.54) is 0 Å². The average Bonchev–Trinajstić information content (AvgIpc) is 3.58. The van der Waals surface area contributed by atoms with Crippen LogP contribution in [0.15, 0.2) is 60.7 Å². The summed E-state index contributed by atoms with van der Waals surface area (Å²) < 4.78 is 11.4. The van der Waals surface area contributed by atoms with Gasteiger partial charge in [-0.15, -0.1) is 0 Å². The molecule has 26 heavy (non-hydrogen) atoms. The topological polar surface area (TPSA) is 35.5 Å². The Morgan fingerprint density at radius 3 is 1.42 bits per heavy atom. The van der Waals surface area contributed by atoms with Crippen LogP contribution in [0.4, 0.5) is 0 Å². The van der Waals surface area contributed by atoms with Crippen LogP contribution in [0.3, 0.4) is 0 Å². The summed E-state index contributed by atoms with van der Waals surface area (Å²) in [5, 5.41) is 0. The first-order valence-electron chi connectivity index (χ1n) is 9.18. The zero-order valence-electron chi connectivity index (χ0n) is 14.6. The van der Waals surface area contributed by atoms with Crippen LogP contribution in [0, 0.1) is 0 Å². The molecule has 2 aliphatic rings. The Kier molecular flexibility index (Phi) is 4.87. The van der Waals surface area contributed by atoms with Gasteiger partial charge in [0.15, 0.2) is 5.78 Å². The fourth-order valence-electron chi connectivity index (χ4n) is 2.48. The molecule has 2 aromatic carbocycles. The van der Waals surface area contributed by atoms with Crippen molar-refractivity contribution in [3.8, 4) is 11.5 Å². The fraction of sp³-hybridized carbons (Fsp3) is 0.261. The van der Waals surface area contributed by atoms with Crippen molar-refractivity contribution < 1.29 is 14.3 Å². The van der Waals surface area contributed by atoms with Crippen LogP contribution in [0.1, 0.15) is 36.8 Å². The van der Waals surface area contributed by atoms with Crippen LogP contribution in [0.25, 0.3) is 12.2 Å². The number of ketones is 1. The van der Waals surface area contributed by atoms with E-state index in [2.05, 4.69) is 0 Å². The normalized spacial score (nSPS) is 16.9. The van der Waals surface area contributed by atoms with Crippen molar-refractivity contribution in [2.75, 3.05) is 0 Å². The number of hydrogen-bond donors (Lipinski definition) is 0. The van der Waals surface area contributed by atoms with Crippen molar-refractivity contribution in [1.29, 1.82) is 0 Å². The van der Waals surface area contributed by atoms with E-state index in [9.17, 15) is 4.79 Å². The SMILES string of the molecule is O=C(/C=C/c1ccc(OC2CC2)cc1)/C=C/c1ccc(OC2CC2)cc1. The Balaban J connectivity index is 1.29. The molecule has 3 nitrogen and oxygen atoms in total. The average molecular weight is 346 g/mol.